The molecule has 0 atom stereocenters. The number of hydrogen-bond acceptors (Lipinski definition) is 3. The van der Waals surface area contributed by atoms with Gasteiger partial charge < -0.3 is 10.1 Å². The molecule has 0 spiro atoms. The molecule has 17 heavy (non-hydrogen) atoms. The average Bonchev–Trinajstić information content (AvgIpc) is 2.32. The number of nitrogens with zero attached hydrogens (tertiary/aromatic N) is 1. The molecule has 1 aromatic carbocycles. The molecule has 0 saturated carbocycles. The zero-order chi connectivity index (χ0) is 12.7. The second-order valence-corrected chi connectivity index (χ2v) is 4.31. The van der Waals surface area contributed by atoms with E-state index in [1.54, 1.807) is 7.11 Å². The van der Waals surface area contributed by atoms with Crippen molar-refractivity contribution in [3.8, 4) is 0 Å². The predicted molar refractivity (Wildman–Crippen MR) is 74.0 cm³/mol. The van der Waals surface area contributed by atoms with Crippen LogP contribution in [0, 0.1) is 6.92 Å². The minimum absolute atomic E-state index is 0.517. The van der Waals surface area contributed by atoms with Crippen molar-refractivity contribution in [2.45, 2.75) is 6.92 Å². The average molecular weight is 301 g/mol. The quantitative estimate of drug-likeness (QED) is 0.260. The Hall–Kier alpha value is -1.11. The number of hydrogen-bond donors (Lipinski definition) is 3. The van der Waals surface area contributed by atoms with Gasteiger partial charge in [-0.25, -0.2) is 10.8 Å². The minimum atomic E-state index is 0.517. The normalized spacial score (nSPS) is 11.4. The van der Waals surface area contributed by atoms with E-state index in [2.05, 4.69) is 31.7 Å². The molecule has 94 valence electrons. The van der Waals surface area contributed by atoms with Crippen molar-refractivity contribution in [2.75, 3.05) is 25.6 Å². The number of hydrazine groups is 1. The van der Waals surface area contributed by atoms with Gasteiger partial charge in [-0.2, -0.15) is 0 Å². The summed E-state index contributed by atoms with van der Waals surface area (Å²) in [6.45, 7) is 3.14. The molecule has 0 aliphatic rings. The lowest BCUT2D eigenvalue weighted by Crippen LogP contribution is -2.36. The number of nitrogens with one attached hydrogen (secondary N) is 2. The first-order chi connectivity index (χ1) is 8.17. The van der Waals surface area contributed by atoms with Crippen LogP contribution in [0.5, 0.6) is 0 Å². The summed E-state index contributed by atoms with van der Waals surface area (Å²) in [4.78, 5) is 4.21. The topological polar surface area (TPSA) is 71.7 Å². The zero-order valence-corrected chi connectivity index (χ0v) is 11.5. The van der Waals surface area contributed by atoms with Crippen molar-refractivity contribution in [2.24, 2.45) is 10.8 Å². The van der Waals surface area contributed by atoms with Crippen LogP contribution in [0.2, 0.25) is 0 Å². The molecule has 0 unspecified atom stereocenters. The van der Waals surface area contributed by atoms with E-state index in [-0.39, 0.29) is 0 Å². The summed E-state index contributed by atoms with van der Waals surface area (Å²) in [5, 5.41) is 3.09. The number of nitrogens with two attached hydrogens (primary N) is 1. The van der Waals surface area contributed by atoms with Gasteiger partial charge in [0.25, 0.3) is 0 Å². The van der Waals surface area contributed by atoms with Gasteiger partial charge in [0, 0.05) is 17.3 Å². The van der Waals surface area contributed by atoms with Crippen LogP contribution in [0.3, 0.4) is 0 Å². The van der Waals surface area contributed by atoms with E-state index < -0.39 is 0 Å². The third kappa shape index (κ3) is 4.72. The fourth-order valence-corrected chi connectivity index (χ4v) is 1.48. The monoisotopic (exact) mass is 300 g/mol. The summed E-state index contributed by atoms with van der Waals surface area (Å²) in [5.41, 5.74) is 4.59. The molecule has 0 amide bonds. The number of benzene rings is 1. The number of aryl methyl sites for hydroxylation is 1. The SMILES string of the molecule is COCCN=C(NN)Nc1ccc(Br)c(C)c1. The van der Waals surface area contributed by atoms with E-state index in [9.17, 15) is 0 Å². The third-order valence-electron chi connectivity index (χ3n) is 2.12. The van der Waals surface area contributed by atoms with Gasteiger partial charge in [-0.1, -0.05) is 15.9 Å². The molecule has 4 N–H and O–H groups in total. The Morgan fingerprint density at radius 3 is 2.88 bits per heavy atom. The fraction of sp³-hybridized carbons (Fsp3) is 0.364. The number of anilines is 1. The predicted octanol–water partition coefficient (Wildman–Crippen LogP) is 1.64. The van der Waals surface area contributed by atoms with E-state index in [0.717, 1.165) is 15.7 Å². The first-order valence-corrected chi connectivity index (χ1v) is 6.00. The number of ether oxygens (including phenoxy) is 1. The van der Waals surface area contributed by atoms with Crippen LogP contribution in [0.25, 0.3) is 0 Å². The maximum absolute atomic E-state index is 5.38. The number of aliphatic imine (C=N–C) groups is 1. The van der Waals surface area contributed by atoms with Gasteiger partial charge in [0.15, 0.2) is 0 Å². The third-order valence-corrected chi connectivity index (χ3v) is 3.01. The highest BCUT2D eigenvalue weighted by Crippen LogP contribution is 2.19. The largest absolute Gasteiger partial charge is 0.383 e. The lowest BCUT2D eigenvalue weighted by molar-refractivity contribution is 0.208. The highest BCUT2D eigenvalue weighted by molar-refractivity contribution is 9.10. The molecule has 0 radical (unpaired) electrons. The van der Waals surface area contributed by atoms with Crippen LogP contribution in [-0.4, -0.2) is 26.2 Å². The first kappa shape index (κ1) is 14.0. The molecule has 1 aromatic rings. The summed E-state index contributed by atoms with van der Waals surface area (Å²) in [5.74, 6) is 5.89. The van der Waals surface area contributed by atoms with Crippen molar-refractivity contribution >= 4 is 27.6 Å². The van der Waals surface area contributed by atoms with Gasteiger partial charge in [-0.05, 0) is 30.7 Å². The number of methoxy groups -OCH3 is 1. The molecule has 6 heteroatoms. The maximum atomic E-state index is 5.38. The Labute approximate surface area is 110 Å². The van der Waals surface area contributed by atoms with Crippen LogP contribution >= 0.6 is 15.9 Å². The Balaban J connectivity index is 2.67. The van der Waals surface area contributed by atoms with Gasteiger partial charge in [-0.3, -0.25) is 5.43 Å². The van der Waals surface area contributed by atoms with Crippen LogP contribution in [0.1, 0.15) is 5.56 Å². The van der Waals surface area contributed by atoms with Crippen LogP contribution in [0.4, 0.5) is 5.69 Å². The highest BCUT2D eigenvalue weighted by Gasteiger charge is 2.00. The second kappa shape index (κ2) is 7.26. The number of halogens is 1. The smallest absolute Gasteiger partial charge is 0.210 e. The molecular formula is C11H17BrN4O. The van der Waals surface area contributed by atoms with E-state index in [0.29, 0.717) is 19.1 Å². The van der Waals surface area contributed by atoms with Crippen molar-refractivity contribution in [3.05, 3.63) is 28.2 Å². The molecule has 0 saturated heterocycles. The molecule has 0 aliphatic heterocycles. The molecule has 0 aliphatic carbocycles. The van der Waals surface area contributed by atoms with Gasteiger partial charge in [0.2, 0.25) is 5.96 Å². The highest BCUT2D eigenvalue weighted by atomic mass is 79.9. The van der Waals surface area contributed by atoms with Gasteiger partial charge in [-0.15, -0.1) is 0 Å². The number of rotatable bonds is 4. The van der Waals surface area contributed by atoms with Crippen molar-refractivity contribution in [3.63, 3.8) is 0 Å². The fourth-order valence-electron chi connectivity index (χ4n) is 1.23. The Bertz CT molecular complexity index is 395. The lowest BCUT2D eigenvalue weighted by Gasteiger charge is -2.10. The molecule has 0 fully saturated rings. The van der Waals surface area contributed by atoms with Crippen molar-refractivity contribution < 1.29 is 4.74 Å². The van der Waals surface area contributed by atoms with Crippen molar-refractivity contribution in [1.82, 2.24) is 5.43 Å². The molecule has 0 bridgehead atoms. The van der Waals surface area contributed by atoms with Gasteiger partial charge >= 0.3 is 0 Å². The van der Waals surface area contributed by atoms with Gasteiger partial charge in [0.1, 0.15) is 0 Å². The first-order valence-electron chi connectivity index (χ1n) is 5.20. The standard InChI is InChI=1S/C11H17BrN4O/c1-8-7-9(3-4-10(8)12)15-11(16-13)14-5-6-17-2/h3-4,7H,5-6,13H2,1-2H3,(H2,14,15,16). The summed E-state index contributed by atoms with van der Waals surface area (Å²) in [7, 11) is 1.64. The zero-order valence-electron chi connectivity index (χ0n) is 9.96. The summed E-state index contributed by atoms with van der Waals surface area (Å²) in [6.07, 6.45) is 0. The van der Waals surface area contributed by atoms with Gasteiger partial charge in [0.05, 0.1) is 13.2 Å². The summed E-state index contributed by atoms with van der Waals surface area (Å²) < 4.78 is 5.98. The van der Waals surface area contributed by atoms with Crippen LogP contribution in [0.15, 0.2) is 27.7 Å². The molecule has 0 aromatic heterocycles. The number of guanidine groups is 1. The molecule has 0 heterocycles. The summed E-state index contributed by atoms with van der Waals surface area (Å²) >= 11 is 3.45. The molecular weight excluding hydrogens is 284 g/mol. The van der Waals surface area contributed by atoms with Crippen LogP contribution in [-0.2, 0) is 4.74 Å². The van der Waals surface area contributed by atoms with E-state index in [4.69, 9.17) is 10.6 Å². The Kier molecular flexibility index (Phi) is 5.96. The summed E-state index contributed by atoms with van der Waals surface area (Å²) in [6, 6.07) is 5.93. The van der Waals surface area contributed by atoms with E-state index in [1.807, 2.05) is 25.1 Å². The van der Waals surface area contributed by atoms with Crippen LogP contribution < -0.4 is 16.6 Å². The molecule has 5 nitrogen and oxygen atoms in total. The lowest BCUT2D eigenvalue weighted by atomic mass is 10.2. The van der Waals surface area contributed by atoms with Crippen molar-refractivity contribution in [1.29, 1.82) is 0 Å². The maximum Gasteiger partial charge on any atom is 0.210 e. The Morgan fingerprint density at radius 1 is 1.53 bits per heavy atom. The van der Waals surface area contributed by atoms with E-state index >= 15 is 0 Å². The Morgan fingerprint density at radius 2 is 2.29 bits per heavy atom. The molecule has 1 rings (SSSR count). The minimum Gasteiger partial charge on any atom is -0.383 e. The second-order valence-electron chi connectivity index (χ2n) is 3.46. The van der Waals surface area contributed by atoms with E-state index in [1.165, 1.54) is 0 Å².